The SMILES string of the molecule is CCC(=O)C(c1ccc(C#N)cc1)C(C(=O)OC)C(=O)c1ccccc1. The molecule has 0 saturated carbocycles. The first kappa shape index (κ1) is 19.1. The highest BCUT2D eigenvalue weighted by Gasteiger charge is 2.40. The molecule has 5 nitrogen and oxygen atoms in total. The smallest absolute Gasteiger partial charge is 0.317 e. The minimum Gasteiger partial charge on any atom is -0.468 e. The van der Waals surface area contributed by atoms with Gasteiger partial charge in [0.1, 0.15) is 11.7 Å². The Kier molecular flexibility index (Phi) is 6.40. The number of nitriles is 1. The molecule has 132 valence electrons. The zero-order valence-electron chi connectivity index (χ0n) is 14.6. The third-order valence-corrected chi connectivity index (χ3v) is 4.22. The maximum atomic E-state index is 13.0. The lowest BCUT2D eigenvalue weighted by molar-refractivity contribution is -0.146. The number of carbonyl (C=O) groups is 3. The van der Waals surface area contributed by atoms with Gasteiger partial charge < -0.3 is 4.74 Å². The average Bonchev–Trinajstić information content (AvgIpc) is 2.71. The highest BCUT2D eigenvalue weighted by molar-refractivity contribution is 6.12. The number of rotatable bonds is 7. The lowest BCUT2D eigenvalue weighted by atomic mass is 9.78. The minimum atomic E-state index is -1.28. The van der Waals surface area contributed by atoms with Crippen LogP contribution < -0.4 is 0 Å². The second kappa shape index (κ2) is 8.72. The van der Waals surface area contributed by atoms with E-state index < -0.39 is 23.6 Å². The van der Waals surface area contributed by atoms with E-state index in [1.165, 1.54) is 7.11 Å². The van der Waals surface area contributed by atoms with Crippen molar-refractivity contribution in [3.05, 3.63) is 71.3 Å². The third-order valence-electron chi connectivity index (χ3n) is 4.22. The summed E-state index contributed by atoms with van der Waals surface area (Å²) in [7, 11) is 1.19. The highest BCUT2D eigenvalue weighted by Crippen LogP contribution is 2.31. The first-order chi connectivity index (χ1) is 12.5. The van der Waals surface area contributed by atoms with Gasteiger partial charge in [0.05, 0.1) is 24.7 Å². The molecule has 0 amide bonds. The van der Waals surface area contributed by atoms with Crippen molar-refractivity contribution in [1.82, 2.24) is 0 Å². The van der Waals surface area contributed by atoms with Gasteiger partial charge in [0.2, 0.25) is 0 Å². The van der Waals surface area contributed by atoms with Crippen molar-refractivity contribution in [3.63, 3.8) is 0 Å². The molecule has 0 aliphatic carbocycles. The predicted molar refractivity (Wildman–Crippen MR) is 95.5 cm³/mol. The van der Waals surface area contributed by atoms with Crippen LogP contribution in [0.3, 0.4) is 0 Å². The highest BCUT2D eigenvalue weighted by atomic mass is 16.5. The van der Waals surface area contributed by atoms with Gasteiger partial charge in [-0.1, -0.05) is 49.4 Å². The van der Waals surface area contributed by atoms with E-state index in [4.69, 9.17) is 10.00 Å². The zero-order chi connectivity index (χ0) is 19.1. The minimum absolute atomic E-state index is 0.167. The van der Waals surface area contributed by atoms with Crippen LogP contribution in [0.2, 0.25) is 0 Å². The van der Waals surface area contributed by atoms with Gasteiger partial charge in [0.15, 0.2) is 5.78 Å². The molecule has 5 heteroatoms. The van der Waals surface area contributed by atoms with Crippen LogP contribution in [0.25, 0.3) is 0 Å². The molecule has 0 N–H and O–H groups in total. The number of ether oxygens (including phenoxy) is 1. The predicted octanol–water partition coefficient (Wildman–Crippen LogP) is 3.29. The number of ketones is 2. The summed E-state index contributed by atoms with van der Waals surface area (Å²) in [6.45, 7) is 1.68. The maximum Gasteiger partial charge on any atom is 0.317 e. The van der Waals surface area contributed by atoms with E-state index >= 15 is 0 Å². The average molecular weight is 349 g/mol. The molecule has 0 aromatic heterocycles. The molecule has 2 aromatic carbocycles. The molecule has 0 heterocycles. The number of esters is 1. The Balaban J connectivity index is 2.55. The summed E-state index contributed by atoms with van der Waals surface area (Å²) in [6, 6.07) is 16.7. The molecule has 2 unspecified atom stereocenters. The van der Waals surface area contributed by atoms with E-state index in [0.29, 0.717) is 16.7 Å². The van der Waals surface area contributed by atoms with Crippen molar-refractivity contribution < 1.29 is 19.1 Å². The van der Waals surface area contributed by atoms with Gasteiger partial charge in [0, 0.05) is 12.0 Å². The summed E-state index contributed by atoms with van der Waals surface area (Å²) in [5, 5.41) is 8.95. The van der Waals surface area contributed by atoms with Crippen LogP contribution >= 0.6 is 0 Å². The third kappa shape index (κ3) is 4.04. The van der Waals surface area contributed by atoms with Gasteiger partial charge in [-0.3, -0.25) is 14.4 Å². The Labute approximate surface area is 152 Å². The molecule has 2 aromatic rings. The van der Waals surface area contributed by atoms with Gasteiger partial charge in [-0.15, -0.1) is 0 Å². The van der Waals surface area contributed by atoms with Gasteiger partial charge in [-0.25, -0.2) is 0 Å². The van der Waals surface area contributed by atoms with E-state index in [1.54, 1.807) is 61.5 Å². The summed E-state index contributed by atoms with van der Waals surface area (Å²) < 4.78 is 4.83. The van der Waals surface area contributed by atoms with Crippen LogP contribution in [0.5, 0.6) is 0 Å². The topological polar surface area (TPSA) is 84.2 Å². The van der Waals surface area contributed by atoms with Crippen molar-refractivity contribution in [2.24, 2.45) is 5.92 Å². The number of hydrogen-bond acceptors (Lipinski definition) is 5. The summed E-state index contributed by atoms with van der Waals surface area (Å²) in [5.41, 5.74) is 1.28. The Hall–Kier alpha value is -3.26. The molecular weight excluding hydrogens is 330 g/mol. The molecular formula is C21H19NO4. The van der Waals surface area contributed by atoms with E-state index in [0.717, 1.165) is 0 Å². The van der Waals surface area contributed by atoms with Crippen LogP contribution in [0.1, 0.15) is 40.7 Å². The number of Topliss-reactive ketones (excluding diaryl/α,β-unsaturated/α-hetero) is 2. The van der Waals surface area contributed by atoms with E-state index in [9.17, 15) is 14.4 Å². The molecule has 0 bridgehead atoms. The number of benzene rings is 2. The fourth-order valence-electron chi connectivity index (χ4n) is 2.85. The molecule has 2 atom stereocenters. The molecule has 0 aliphatic heterocycles. The van der Waals surface area contributed by atoms with E-state index in [-0.39, 0.29) is 12.2 Å². The molecule has 26 heavy (non-hydrogen) atoms. The summed E-state index contributed by atoms with van der Waals surface area (Å²) >= 11 is 0. The van der Waals surface area contributed by atoms with Crippen LogP contribution in [0, 0.1) is 17.2 Å². The number of hydrogen-bond donors (Lipinski definition) is 0. The largest absolute Gasteiger partial charge is 0.468 e. The fraction of sp³-hybridized carbons (Fsp3) is 0.238. The standard InChI is InChI=1S/C21H19NO4/c1-3-17(23)18(15-11-9-14(13-22)10-12-15)19(21(25)26-2)20(24)16-7-5-4-6-8-16/h4-12,18-19H,3H2,1-2H3. The van der Waals surface area contributed by atoms with Crippen LogP contribution in [0.4, 0.5) is 0 Å². The van der Waals surface area contributed by atoms with E-state index in [2.05, 4.69) is 0 Å². The molecule has 2 rings (SSSR count). The van der Waals surface area contributed by atoms with Gasteiger partial charge in [-0.2, -0.15) is 5.26 Å². The van der Waals surface area contributed by atoms with Crippen molar-refractivity contribution in [3.8, 4) is 6.07 Å². The maximum absolute atomic E-state index is 13.0. The van der Waals surface area contributed by atoms with Crippen molar-refractivity contribution in [2.45, 2.75) is 19.3 Å². The monoisotopic (exact) mass is 349 g/mol. The van der Waals surface area contributed by atoms with Crippen molar-refractivity contribution in [1.29, 1.82) is 5.26 Å². The molecule has 0 fully saturated rings. The normalized spacial score (nSPS) is 12.5. The number of methoxy groups -OCH3 is 1. The van der Waals surface area contributed by atoms with Crippen LogP contribution in [-0.2, 0) is 14.3 Å². The second-order valence-corrected chi connectivity index (χ2v) is 5.76. The van der Waals surface area contributed by atoms with Crippen LogP contribution in [-0.4, -0.2) is 24.6 Å². The molecule has 0 radical (unpaired) electrons. The van der Waals surface area contributed by atoms with Crippen molar-refractivity contribution in [2.75, 3.05) is 7.11 Å². The first-order valence-electron chi connectivity index (χ1n) is 8.23. The number of nitrogens with zero attached hydrogens (tertiary/aromatic N) is 1. The lowest BCUT2D eigenvalue weighted by Gasteiger charge is -2.23. The number of carbonyl (C=O) groups excluding carboxylic acids is 3. The Morgan fingerprint density at radius 3 is 2.15 bits per heavy atom. The van der Waals surface area contributed by atoms with Gasteiger partial charge >= 0.3 is 5.97 Å². The summed E-state index contributed by atoms with van der Waals surface area (Å²) in [6.07, 6.45) is 0.167. The second-order valence-electron chi connectivity index (χ2n) is 5.76. The lowest BCUT2D eigenvalue weighted by Crippen LogP contribution is -2.35. The fourth-order valence-corrected chi connectivity index (χ4v) is 2.85. The summed E-state index contributed by atoms with van der Waals surface area (Å²) in [5.74, 6) is -3.70. The zero-order valence-corrected chi connectivity index (χ0v) is 14.6. The van der Waals surface area contributed by atoms with Crippen molar-refractivity contribution >= 4 is 17.5 Å². The Bertz CT molecular complexity index is 835. The quantitative estimate of drug-likeness (QED) is 0.435. The first-order valence-corrected chi connectivity index (χ1v) is 8.23. The van der Waals surface area contributed by atoms with E-state index in [1.807, 2.05) is 6.07 Å². The molecule has 0 aliphatic rings. The van der Waals surface area contributed by atoms with Gasteiger partial charge in [0.25, 0.3) is 0 Å². The summed E-state index contributed by atoms with van der Waals surface area (Å²) in [4.78, 5) is 38.1. The Morgan fingerprint density at radius 2 is 1.65 bits per heavy atom. The van der Waals surface area contributed by atoms with Gasteiger partial charge in [-0.05, 0) is 17.7 Å². The van der Waals surface area contributed by atoms with Crippen LogP contribution in [0.15, 0.2) is 54.6 Å². The Morgan fingerprint density at radius 1 is 1.04 bits per heavy atom. The molecule has 0 saturated heterocycles. The molecule has 0 spiro atoms.